The van der Waals surface area contributed by atoms with Gasteiger partial charge in [0, 0.05) is 37.8 Å². The average molecular weight is 570 g/mol. The molecule has 2 aromatic rings. The van der Waals surface area contributed by atoms with Gasteiger partial charge in [0.25, 0.3) is 10.0 Å². The molecule has 2 atom stereocenters. The number of halogens is 1. The van der Waals surface area contributed by atoms with Gasteiger partial charge in [0.05, 0.1) is 16.8 Å². The number of carbonyl (C=O) groups is 2. The van der Waals surface area contributed by atoms with Crippen LogP contribution in [0.4, 0.5) is 0 Å². The Morgan fingerprint density at radius 1 is 1.19 bits per heavy atom. The molecule has 2 fully saturated rings. The topological polar surface area (TPSA) is 103 Å². The van der Waals surface area contributed by atoms with Crippen LogP contribution >= 0.6 is 22.9 Å². The highest BCUT2D eigenvalue weighted by molar-refractivity contribution is 7.91. The Kier molecular flexibility index (Phi) is 8.79. The van der Waals surface area contributed by atoms with Crippen LogP contribution in [0.2, 0.25) is 5.15 Å². The third-order valence-electron chi connectivity index (χ3n) is 7.18. The van der Waals surface area contributed by atoms with Gasteiger partial charge in [-0.25, -0.2) is 13.4 Å². The summed E-state index contributed by atoms with van der Waals surface area (Å²) in [7, 11) is -3.94. The summed E-state index contributed by atoms with van der Waals surface area (Å²) < 4.78 is 29.5. The number of piperidine rings is 1. The fraction of sp³-hybridized carbons (Fsp3) is 0.640. The molecule has 1 N–H and O–H groups in total. The summed E-state index contributed by atoms with van der Waals surface area (Å²) >= 11 is 7.01. The minimum Gasteiger partial charge on any atom is -0.337 e. The molecule has 0 saturated carbocycles. The van der Waals surface area contributed by atoms with Crippen molar-refractivity contribution in [1.29, 1.82) is 0 Å². The van der Waals surface area contributed by atoms with E-state index in [2.05, 4.69) is 42.3 Å². The van der Waals surface area contributed by atoms with Crippen molar-refractivity contribution in [3.63, 3.8) is 0 Å². The smallest absolute Gasteiger partial charge is 0.250 e. The molecule has 2 saturated heterocycles. The molecular weight excluding hydrogens is 534 g/mol. The molecule has 204 valence electrons. The predicted molar refractivity (Wildman–Crippen MR) is 146 cm³/mol. The quantitative estimate of drug-likeness (QED) is 0.465. The van der Waals surface area contributed by atoms with E-state index in [1.807, 2.05) is 4.90 Å². The maximum absolute atomic E-state index is 13.3. The first kappa shape index (κ1) is 28.2. The van der Waals surface area contributed by atoms with Crippen molar-refractivity contribution in [3.05, 3.63) is 23.4 Å². The van der Waals surface area contributed by atoms with Gasteiger partial charge in [0.2, 0.25) is 11.8 Å². The molecule has 0 spiro atoms. The number of hydrogen-bond acceptors (Lipinski definition) is 7. The van der Waals surface area contributed by atoms with Crippen molar-refractivity contribution in [2.75, 3.05) is 26.2 Å². The van der Waals surface area contributed by atoms with Gasteiger partial charge in [-0.1, -0.05) is 11.6 Å². The summed E-state index contributed by atoms with van der Waals surface area (Å²) in [6.45, 7) is 10.6. The van der Waals surface area contributed by atoms with Gasteiger partial charge in [-0.15, -0.1) is 11.3 Å². The number of rotatable bonds is 9. The van der Waals surface area contributed by atoms with Crippen LogP contribution in [0.3, 0.4) is 0 Å². The Labute approximate surface area is 228 Å². The Balaban J connectivity index is 1.41. The summed E-state index contributed by atoms with van der Waals surface area (Å²) in [6.07, 6.45) is 2.91. The highest BCUT2D eigenvalue weighted by Crippen LogP contribution is 2.29. The van der Waals surface area contributed by atoms with Crippen LogP contribution in [-0.4, -0.2) is 90.3 Å². The van der Waals surface area contributed by atoms with E-state index in [1.165, 1.54) is 11.0 Å². The molecule has 0 aromatic carbocycles. The number of thiophene rings is 1. The normalized spacial score (nSPS) is 21.2. The fourth-order valence-electron chi connectivity index (χ4n) is 5.33. The Hall–Kier alpha value is -1.79. The zero-order valence-corrected chi connectivity index (χ0v) is 24.2. The SMILES string of the molecule is CC(C)N(C[C@@H]1CCCN1C(=O)CN1CCC[C@H](NS(=O)(=O)c2cc3nc(Cl)ccc3s2)C1=O)C(C)C. The molecule has 37 heavy (non-hydrogen) atoms. The Morgan fingerprint density at radius 3 is 2.59 bits per heavy atom. The number of fused-ring (bicyclic) bond motifs is 1. The minimum atomic E-state index is -3.94. The maximum atomic E-state index is 13.3. The van der Waals surface area contributed by atoms with E-state index in [4.69, 9.17) is 11.6 Å². The average Bonchev–Trinajstić information content (AvgIpc) is 3.46. The monoisotopic (exact) mass is 569 g/mol. The second-order valence-corrected chi connectivity index (χ2v) is 13.8. The van der Waals surface area contributed by atoms with Gasteiger partial charge in [-0.2, -0.15) is 4.72 Å². The molecular formula is C25H36ClN5O4S2. The second-order valence-electron chi connectivity index (χ2n) is 10.4. The highest BCUT2D eigenvalue weighted by atomic mass is 35.5. The Morgan fingerprint density at radius 2 is 1.89 bits per heavy atom. The number of hydrogen-bond donors (Lipinski definition) is 1. The van der Waals surface area contributed by atoms with Gasteiger partial charge in [0.1, 0.15) is 15.4 Å². The minimum absolute atomic E-state index is 0.0256. The number of pyridine rings is 1. The maximum Gasteiger partial charge on any atom is 0.250 e. The van der Waals surface area contributed by atoms with Crippen molar-refractivity contribution in [3.8, 4) is 0 Å². The zero-order chi connectivity index (χ0) is 26.9. The lowest BCUT2D eigenvalue weighted by molar-refractivity contribution is -0.143. The summed E-state index contributed by atoms with van der Waals surface area (Å²) in [5.41, 5.74) is 0.494. The number of likely N-dealkylation sites (tertiary alicyclic amines) is 2. The molecule has 9 nitrogen and oxygen atoms in total. The van der Waals surface area contributed by atoms with Gasteiger partial charge >= 0.3 is 0 Å². The third-order valence-corrected chi connectivity index (χ3v) is 10.4. The summed E-state index contributed by atoms with van der Waals surface area (Å²) in [4.78, 5) is 36.5. The highest BCUT2D eigenvalue weighted by Gasteiger charge is 2.37. The molecule has 2 aliphatic heterocycles. The van der Waals surface area contributed by atoms with Crippen LogP contribution in [0.25, 0.3) is 10.2 Å². The van der Waals surface area contributed by atoms with E-state index < -0.39 is 16.1 Å². The fourth-order valence-corrected chi connectivity index (χ4v) is 8.05. The van der Waals surface area contributed by atoms with Gasteiger partial charge < -0.3 is 9.80 Å². The number of nitrogens with one attached hydrogen (secondary N) is 1. The van der Waals surface area contributed by atoms with E-state index in [0.29, 0.717) is 48.2 Å². The van der Waals surface area contributed by atoms with Crippen molar-refractivity contribution in [2.24, 2.45) is 0 Å². The van der Waals surface area contributed by atoms with Crippen LogP contribution in [0, 0.1) is 0 Å². The predicted octanol–water partition coefficient (Wildman–Crippen LogP) is 3.33. The summed E-state index contributed by atoms with van der Waals surface area (Å²) in [6, 6.07) is 4.78. The lowest BCUT2D eigenvalue weighted by Gasteiger charge is -2.37. The first-order valence-corrected chi connectivity index (χ1v) is 15.6. The largest absolute Gasteiger partial charge is 0.337 e. The molecule has 0 aliphatic carbocycles. The van der Waals surface area contributed by atoms with E-state index in [0.717, 1.165) is 30.7 Å². The van der Waals surface area contributed by atoms with E-state index in [-0.39, 0.29) is 33.8 Å². The summed E-state index contributed by atoms with van der Waals surface area (Å²) in [5, 5.41) is 0.284. The molecule has 12 heteroatoms. The first-order chi connectivity index (χ1) is 17.5. The molecule has 0 bridgehead atoms. The molecule has 2 aliphatic rings. The standard InChI is InChI=1S/C25H36ClN5O4S2/c1-16(2)31(17(3)4)14-18-7-5-12-30(18)23(32)15-29-11-6-8-19(25(29)33)28-37(34,35)24-13-20-21(36-24)9-10-22(26)27-20/h9-10,13,16-19,28H,5-8,11-12,14-15H2,1-4H3/t18-,19-/m0/s1. The first-order valence-electron chi connectivity index (χ1n) is 12.9. The lowest BCUT2D eigenvalue weighted by atomic mass is 10.1. The van der Waals surface area contributed by atoms with Crippen LogP contribution < -0.4 is 4.72 Å². The zero-order valence-electron chi connectivity index (χ0n) is 21.8. The lowest BCUT2D eigenvalue weighted by Crippen LogP contribution is -2.55. The molecule has 0 radical (unpaired) electrons. The van der Waals surface area contributed by atoms with Crippen LogP contribution in [0.1, 0.15) is 53.4 Å². The van der Waals surface area contributed by atoms with Crippen molar-refractivity contribution >= 4 is 55.0 Å². The van der Waals surface area contributed by atoms with Crippen LogP contribution in [0.15, 0.2) is 22.4 Å². The number of nitrogens with zero attached hydrogens (tertiary/aromatic N) is 4. The Bertz CT molecular complexity index is 1240. The van der Waals surface area contributed by atoms with Crippen molar-refractivity contribution in [2.45, 2.75) is 81.8 Å². The van der Waals surface area contributed by atoms with Gasteiger partial charge in [-0.3, -0.25) is 14.5 Å². The van der Waals surface area contributed by atoms with E-state index in [9.17, 15) is 18.0 Å². The number of sulfonamides is 1. The number of amides is 2. The van der Waals surface area contributed by atoms with E-state index >= 15 is 0 Å². The van der Waals surface area contributed by atoms with Crippen molar-refractivity contribution in [1.82, 2.24) is 24.4 Å². The van der Waals surface area contributed by atoms with E-state index in [1.54, 1.807) is 12.1 Å². The molecule has 2 amide bonds. The van der Waals surface area contributed by atoms with Gasteiger partial charge in [-0.05, 0) is 71.6 Å². The molecule has 4 heterocycles. The molecule has 0 unspecified atom stereocenters. The number of aromatic nitrogens is 1. The number of carbonyl (C=O) groups excluding carboxylic acids is 2. The third kappa shape index (κ3) is 6.44. The van der Waals surface area contributed by atoms with Crippen molar-refractivity contribution < 1.29 is 18.0 Å². The van der Waals surface area contributed by atoms with Crippen LogP contribution in [0.5, 0.6) is 0 Å². The second kappa shape index (κ2) is 11.5. The van der Waals surface area contributed by atoms with Gasteiger partial charge in [0.15, 0.2) is 0 Å². The van der Waals surface area contributed by atoms with Crippen LogP contribution in [-0.2, 0) is 19.6 Å². The summed E-state index contributed by atoms with van der Waals surface area (Å²) in [5.74, 6) is -0.425. The molecule has 2 aromatic heterocycles. The molecule has 4 rings (SSSR count).